The molecule has 1 atom stereocenters. The van der Waals surface area contributed by atoms with E-state index in [1.165, 1.54) is 37.3 Å². The Hall–Kier alpha value is -1.15. The Bertz CT molecular complexity index is 669. The quantitative estimate of drug-likeness (QED) is 0.857. The van der Waals surface area contributed by atoms with Crippen LogP contribution in [0.25, 0.3) is 9.75 Å². The van der Waals surface area contributed by atoms with E-state index in [2.05, 4.69) is 15.2 Å². The molecule has 3 aliphatic rings. The van der Waals surface area contributed by atoms with E-state index < -0.39 is 6.09 Å². The molecular formula is C16H20ClN3O2S2. The molecule has 2 aromatic rings. The van der Waals surface area contributed by atoms with Crippen molar-refractivity contribution in [2.75, 3.05) is 31.6 Å². The molecule has 2 aromatic heterocycles. The highest BCUT2D eigenvalue weighted by atomic mass is 35.5. The van der Waals surface area contributed by atoms with E-state index in [1.54, 1.807) is 16.8 Å². The van der Waals surface area contributed by atoms with Crippen LogP contribution in [0.4, 0.5) is 10.6 Å². The van der Waals surface area contributed by atoms with Crippen molar-refractivity contribution in [3.8, 4) is 9.75 Å². The lowest BCUT2D eigenvalue weighted by molar-refractivity contribution is 0.0151. The number of halogens is 1. The van der Waals surface area contributed by atoms with Crippen LogP contribution in [0.15, 0.2) is 23.0 Å². The average molecular weight is 386 g/mol. The summed E-state index contributed by atoms with van der Waals surface area (Å²) >= 11 is 3.17. The van der Waals surface area contributed by atoms with Gasteiger partial charge in [0.25, 0.3) is 0 Å². The minimum absolute atomic E-state index is 0. The van der Waals surface area contributed by atoms with Gasteiger partial charge < -0.3 is 9.64 Å². The van der Waals surface area contributed by atoms with E-state index in [0.29, 0.717) is 24.3 Å². The molecule has 5 heterocycles. The van der Waals surface area contributed by atoms with Crippen LogP contribution in [0.2, 0.25) is 0 Å². The summed E-state index contributed by atoms with van der Waals surface area (Å²) in [6.45, 7) is 3.98. The fraction of sp³-hybridized carbons (Fsp3) is 0.500. The first-order chi connectivity index (χ1) is 11.3. The van der Waals surface area contributed by atoms with Gasteiger partial charge in [0.2, 0.25) is 0 Å². The standard InChI is InChI=1S/C16H19N3O2S2.ClH/c20-16(21-9-12-8-19-5-3-11(12)4-6-19)18-15-14(23-10-17-15)13-2-1-7-22-13;/h1-2,7,10-12H,3-6,8-9H2,(H,18,20);1H. The zero-order valence-corrected chi connectivity index (χ0v) is 15.6. The average Bonchev–Trinajstić information content (AvgIpc) is 3.25. The maximum absolute atomic E-state index is 12.1. The number of thiophene rings is 1. The molecule has 3 saturated heterocycles. The molecule has 5 rings (SSSR count). The summed E-state index contributed by atoms with van der Waals surface area (Å²) in [6.07, 6.45) is 2.08. The summed E-state index contributed by atoms with van der Waals surface area (Å²) in [5, 5.41) is 4.81. The lowest BCUT2D eigenvalue weighted by Gasteiger charge is -2.44. The lowest BCUT2D eigenvalue weighted by Crippen LogP contribution is -2.49. The number of anilines is 1. The molecule has 0 spiro atoms. The maximum atomic E-state index is 12.1. The monoisotopic (exact) mass is 385 g/mol. The number of piperidine rings is 3. The van der Waals surface area contributed by atoms with Crippen molar-refractivity contribution in [2.24, 2.45) is 11.8 Å². The van der Waals surface area contributed by atoms with Crippen molar-refractivity contribution >= 4 is 47.0 Å². The first-order valence-corrected chi connectivity index (χ1v) is 9.69. The summed E-state index contributed by atoms with van der Waals surface area (Å²) in [6, 6.07) is 4.02. The van der Waals surface area contributed by atoms with Gasteiger partial charge in [0, 0.05) is 17.3 Å². The minimum Gasteiger partial charge on any atom is -0.449 e. The van der Waals surface area contributed by atoms with Crippen molar-refractivity contribution in [3.63, 3.8) is 0 Å². The van der Waals surface area contributed by atoms with Crippen LogP contribution < -0.4 is 5.32 Å². The van der Waals surface area contributed by atoms with Gasteiger partial charge in [0.15, 0.2) is 5.82 Å². The maximum Gasteiger partial charge on any atom is 0.412 e. The van der Waals surface area contributed by atoms with E-state index in [0.717, 1.165) is 16.3 Å². The number of hydrogen-bond donors (Lipinski definition) is 1. The van der Waals surface area contributed by atoms with Gasteiger partial charge in [0.1, 0.15) is 0 Å². The molecule has 0 aromatic carbocycles. The third-order valence-electron chi connectivity index (χ3n) is 4.75. The van der Waals surface area contributed by atoms with E-state index in [-0.39, 0.29) is 12.4 Å². The lowest BCUT2D eigenvalue weighted by atomic mass is 9.79. The summed E-state index contributed by atoms with van der Waals surface area (Å²) in [5.41, 5.74) is 1.75. The summed E-state index contributed by atoms with van der Waals surface area (Å²) < 4.78 is 5.47. The molecule has 0 aliphatic carbocycles. The Morgan fingerprint density at radius 3 is 2.88 bits per heavy atom. The zero-order valence-electron chi connectivity index (χ0n) is 13.1. The molecule has 130 valence electrons. The van der Waals surface area contributed by atoms with Gasteiger partial charge in [-0.3, -0.25) is 5.32 Å². The molecule has 8 heteroatoms. The van der Waals surface area contributed by atoms with E-state index in [1.807, 2.05) is 17.5 Å². The second kappa shape index (κ2) is 7.82. The predicted octanol–water partition coefficient (Wildman–Crippen LogP) is 4.18. The highest BCUT2D eigenvalue weighted by Gasteiger charge is 2.34. The number of carbonyl (C=O) groups is 1. The molecule has 1 amide bonds. The first-order valence-electron chi connectivity index (χ1n) is 7.93. The number of carbonyl (C=O) groups excluding carboxylic acids is 1. The fourth-order valence-corrected chi connectivity index (χ4v) is 5.13. The van der Waals surface area contributed by atoms with E-state index >= 15 is 0 Å². The molecule has 5 nitrogen and oxygen atoms in total. The van der Waals surface area contributed by atoms with E-state index in [9.17, 15) is 4.79 Å². The van der Waals surface area contributed by atoms with Gasteiger partial charge in [-0.25, -0.2) is 9.78 Å². The number of nitrogens with zero attached hydrogens (tertiary/aromatic N) is 2. The minimum atomic E-state index is -0.398. The zero-order chi connectivity index (χ0) is 15.6. The van der Waals surface area contributed by atoms with Crippen LogP contribution >= 0.6 is 35.1 Å². The van der Waals surface area contributed by atoms with Crippen LogP contribution in [0.3, 0.4) is 0 Å². The molecule has 0 saturated carbocycles. The van der Waals surface area contributed by atoms with Gasteiger partial charge in [-0.1, -0.05) is 6.07 Å². The first kappa shape index (κ1) is 17.7. The summed E-state index contributed by atoms with van der Waals surface area (Å²) in [5.74, 6) is 1.79. The Morgan fingerprint density at radius 1 is 1.38 bits per heavy atom. The highest BCUT2D eigenvalue weighted by molar-refractivity contribution is 7.20. The van der Waals surface area contributed by atoms with Crippen molar-refractivity contribution in [2.45, 2.75) is 12.8 Å². The smallest absolute Gasteiger partial charge is 0.412 e. The second-order valence-corrected chi connectivity index (χ2v) is 7.93. The molecule has 1 N–H and O–H groups in total. The van der Waals surface area contributed by atoms with E-state index in [4.69, 9.17) is 4.74 Å². The Kier molecular flexibility index (Phi) is 5.76. The molecule has 3 fully saturated rings. The molecule has 1 unspecified atom stereocenters. The Labute approximate surface area is 155 Å². The summed E-state index contributed by atoms with van der Waals surface area (Å²) in [7, 11) is 0. The van der Waals surface area contributed by atoms with Crippen LogP contribution in [0, 0.1) is 11.8 Å². The van der Waals surface area contributed by atoms with Crippen LogP contribution in [0.1, 0.15) is 12.8 Å². The molecule has 0 radical (unpaired) electrons. The number of aromatic nitrogens is 1. The normalized spacial score (nSPS) is 25.1. The Morgan fingerprint density at radius 2 is 2.21 bits per heavy atom. The number of hydrogen-bond acceptors (Lipinski definition) is 6. The third-order valence-corrected chi connectivity index (χ3v) is 6.63. The highest BCUT2D eigenvalue weighted by Crippen LogP contribution is 2.35. The molecule has 3 aliphatic heterocycles. The van der Waals surface area contributed by atoms with Crippen molar-refractivity contribution in [1.82, 2.24) is 9.88 Å². The second-order valence-electron chi connectivity index (χ2n) is 6.13. The van der Waals surface area contributed by atoms with Crippen LogP contribution in [0.5, 0.6) is 0 Å². The number of nitrogens with one attached hydrogen (secondary N) is 1. The largest absolute Gasteiger partial charge is 0.449 e. The fourth-order valence-electron chi connectivity index (χ4n) is 3.51. The number of rotatable bonds is 4. The van der Waals surface area contributed by atoms with Gasteiger partial charge in [0.05, 0.1) is 17.0 Å². The van der Waals surface area contributed by atoms with Gasteiger partial charge in [-0.05, 0) is 43.3 Å². The van der Waals surface area contributed by atoms with Gasteiger partial charge in [-0.15, -0.1) is 35.1 Å². The number of fused-ring (bicyclic) bond motifs is 3. The van der Waals surface area contributed by atoms with Gasteiger partial charge in [-0.2, -0.15) is 0 Å². The van der Waals surface area contributed by atoms with Crippen molar-refractivity contribution < 1.29 is 9.53 Å². The summed E-state index contributed by atoms with van der Waals surface area (Å²) in [4.78, 5) is 20.9. The number of amides is 1. The number of thiazole rings is 1. The topological polar surface area (TPSA) is 54.5 Å². The van der Waals surface area contributed by atoms with Crippen molar-refractivity contribution in [1.29, 1.82) is 0 Å². The number of ether oxygens (including phenoxy) is 1. The Balaban J connectivity index is 0.00000169. The molecule has 24 heavy (non-hydrogen) atoms. The predicted molar refractivity (Wildman–Crippen MR) is 100 cm³/mol. The van der Waals surface area contributed by atoms with Crippen LogP contribution in [-0.2, 0) is 4.74 Å². The third kappa shape index (κ3) is 3.74. The van der Waals surface area contributed by atoms with Gasteiger partial charge >= 0.3 is 6.09 Å². The van der Waals surface area contributed by atoms with Crippen LogP contribution in [-0.4, -0.2) is 42.2 Å². The molecular weight excluding hydrogens is 366 g/mol. The van der Waals surface area contributed by atoms with Crippen molar-refractivity contribution in [3.05, 3.63) is 23.0 Å². The SMILES string of the molecule is Cl.O=C(Nc1ncsc1-c1cccs1)OCC1CN2CCC1CC2. The molecule has 2 bridgehead atoms.